The van der Waals surface area contributed by atoms with Gasteiger partial charge in [-0.05, 0) is 50.2 Å². The molecule has 0 unspecified atom stereocenters. The second kappa shape index (κ2) is 8.37. The van der Waals surface area contributed by atoms with Crippen LogP contribution in [0.5, 0.6) is 5.75 Å². The summed E-state index contributed by atoms with van der Waals surface area (Å²) in [7, 11) is 0. The lowest BCUT2D eigenvalue weighted by Crippen LogP contribution is -2.49. The zero-order chi connectivity index (χ0) is 24.1. The topological polar surface area (TPSA) is 116 Å². The van der Waals surface area contributed by atoms with E-state index >= 15 is 0 Å². The lowest BCUT2D eigenvalue weighted by molar-refractivity contribution is 0.266. The fourth-order valence-corrected chi connectivity index (χ4v) is 5.00. The number of H-pyrrole nitrogens is 2. The molecule has 9 heteroatoms. The Morgan fingerprint density at radius 1 is 1.03 bits per heavy atom. The highest BCUT2D eigenvalue weighted by Crippen LogP contribution is 2.36. The molecule has 0 amide bonds. The van der Waals surface area contributed by atoms with Gasteiger partial charge in [-0.25, -0.2) is 9.99 Å². The molecular weight excluding hydrogens is 442 g/mol. The lowest BCUT2D eigenvalue weighted by Gasteiger charge is -2.33. The molecule has 0 aliphatic carbocycles. The van der Waals surface area contributed by atoms with Crippen LogP contribution in [0, 0.1) is 6.92 Å². The van der Waals surface area contributed by atoms with Crippen molar-refractivity contribution in [2.45, 2.75) is 13.8 Å². The summed E-state index contributed by atoms with van der Waals surface area (Å²) in [5.74, 6) is 6.71. The molecule has 6 rings (SSSR count). The molecule has 4 heterocycles. The standard InChI is InChI=1S/C26H27N7O2/c1-3-35-18-7-4-16(5-8-18)24-23-22(21-15(2)30-31-25(21)29-24)19-9-6-17(14-20(19)28-26(23)34)32-10-12-33(27)13-11-32/h4-9,14H,3,10-13,27H2,1-2H3,(H,28,34)(H,29,30,31). The van der Waals surface area contributed by atoms with Crippen LogP contribution in [-0.2, 0) is 0 Å². The van der Waals surface area contributed by atoms with Gasteiger partial charge in [0, 0.05) is 48.2 Å². The van der Waals surface area contributed by atoms with E-state index in [2.05, 4.69) is 38.3 Å². The summed E-state index contributed by atoms with van der Waals surface area (Å²) in [6, 6.07) is 13.9. The number of pyridine rings is 2. The van der Waals surface area contributed by atoms with E-state index in [0.717, 1.165) is 70.5 Å². The Balaban J connectivity index is 1.60. The van der Waals surface area contributed by atoms with Crippen molar-refractivity contribution in [2.24, 2.45) is 5.84 Å². The number of hydrogen-bond acceptors (Lipinski definition) is 7. The first-order valence-corrected chi connectivity index (χ1v) is 11.9. The third kappa shape index (κ3) is 3.60. The zero-order valence-electron chi connectivity index (χ0n) is 19.8. The minimum atomic E-state index is -0.171. The van der Waals surface area contributed by atoms with Crippen molar-refractivity contribution in [1.82, 2.24) is 25.2 Å². The largest absolute Gasteiger partial charge is 0.494 e. The van der Waals surface area contributed by atoms with Gasteiger partial charge in [0.2, 0.25) is 0 Å². The van der Waals surface area contributed by atoms with Crippen LogP contribution in [0.2, 0.25) is 0 Å². The van der Waals surface area contributed by atoms with E-state index in [1.165, 1.54) is 0 Å². The van der Waals surface area contributed by atoms with Crippen molar-refractivity contribution in [1.29, 1.82) is 0 Å². The summed E-state index contributed by atoms with van der Waals surface area (Å²) >= 11 is 0. The molecule has 0 bridgehead atoms. The van der Waals surface area contributed by atoms with Crippen LogP contribution in [0.25, 0.3) is 44.0 Å². The minimum Gasteiger partial charge on any atom is -0.494 e. The molecule has 4 N–H and O–H groups in total. The van der Waals surface area contributed by atoms with Crippen LogP contribution in [0.15, 0.2) is 47.3 Å². The molecule has 5 aromatic rings. The van der Waals surface area contributed by atoms with Gasteiger partial charge in [0.15, 0.2) is 5.65 Å². The SMILES string of the molecule is CCOc1ccc(-c2nc3[nH]nc(C)c3c3c2c(=O)[nH]c2cc(N4CCN(N)CC4)ccc23)cc1. The summed E-state index contributed by atoms with van der Waals surface area (Å²) < 4.78 is 5.59. The maximum absolute atomic E-state index is 13.6. The molecule has 0 radical (unpaired) electrons. The molecule has 0 saturated carbocycles. The van der Waals surface area contributed by atoms with Crippen molar-refractivity contribution in [3.63, 3.8) is 0 Å². The van der Waals surface area contributed by atoms with Crippen molar-refractivity contribution in [2.75, 3.05) is 37.7 Å². The second-order valence-corrected chi connectivity index (χ2v) is 8.91. The van der Waals surface area contributed by atoms with Crippen molar-refractivity contribution in [3.05, 3.63) is 58.5 Å². The highest BCUT2D eigenvalue weighted by Gasteiger charge is 2.21. The Morgan fingerprint density at radius 2 is 1.80 bits per heavy atom. The molecule has 0 atom stereocenters. The number of rotatable bonds is 4. The van der Waals surface area contributed by atoms with E-state index in [1.807, 2.05) is 43.1 Å². The van der Waals surface area contributed by atoms with Crippen LogP contribution >= 0.6 is 0 Å². The summed E-state index contributed by atoms with van der Waals surface area (Å²) in [6.07, 6.45) is 0. The van der Waals surface area contributed by atoms with Gasteiger partial charge in [-0.1, -0.05) is 6.07 Å². The van der Waals surface area contributed by atoms with Gasteiger partial charge in [-0.15, -0.1) is 0 Å². The van der Waals surface area contributed by atoms with Crippen molar-refractivity contribution < 1.29 is 4.74 Å². The van der Waals surface area contributed by atoms with E-state index in [0.29, 0.717) is 23.3 Å². The highest BCUT2D eigenvalue weighted by atomic mass is 16.5. The number of aromatic nitrogens is 4. The number of anilines is 1. The number of hydrogen-bond donors (Lipinski definition) is 3. The van der Waals surface area contributed by atoms with Crippen LogP contribution in [0.4, 0.5) is 5.69 Å². The summed E-state index contributed by atoms with van der Waals surface area (Å²) in [5, 5.41) is 12.5. The Bertz CT molecular complexity index is 1610. The van der Waals surface area contributed by atoms with Gasteiger partial charge in [-0.2, -0.15) is 5.10 Å². The van der Waals surface area contributed by atoms with E-state index in [9.17, 15) is 4.79 Å². The number of fused-ring (bicyclic) bond motifs is 5. The Labute approximate surface area is 201 Å². The number of nitrogens with zero attached hydrogens (tertiary/aromatic N) is 4. The van der Waals surface area contributed by atoms with E-state index in [4.69, 9.17) is 15.6 Å². The van der Waals surface area contributed by atoms with Crippen molar-refractivity contribution >= 4 is 38.4 Å². The third-order valence-electron chi connectivity index (χ3n) is 6.75. The van der Waals surface area contributed by atoms with Gasteiger partial charge < -0.3 is 14.6 Å². The Hall–Kier alpha value is -3.95. The number of ether oxygens (including phenoxy) is 1. The van der Waals surface area contributed by atoms with E-state index < -0.39 is 0 Å². The van der Waals surface area contributed by atoms with Gasteiger partial charge >= 0.3 is 0 Å². The monoisotopic (exact) mass is 469 g/mol. The normalized spacial score (nSPS) is 14.9. The first-order valence-electron chi connectivity index (χ1n) is 11.9. The lowest BCUT2D eigenvalue weighted by atomic mass is 9.98. The molecule has 35 heavy (non-hydrogen) atoms. The van der Waals surface area contributed by atoms with E-state index in [1.54, 1.807) is 0 Å². The highest BCUT2D eigenvalue weighted by molar-refractivity contribution is 6.21. The maximum atomic E-state index is 13.6. The van der Waals surface area contributed by atoms with Gasteiger partial charge in [0.05, 0.1) is 34.3 Å². The third-order valence-corrected chi connectivity index (χ3v) is 6.75. The number of nitrogens with one attached hydrogen (secondary N) is 2. The average molecular weight is 470 g/mol. The molecule has 1 aliphatic heterocycles. The molecule has 1 fully saturated rings. The first-order chi connectivity index (χ1) is 17.0. The van der Waals surface area contributed by atoms with Crippen LogP contribution in [-0.4, -0.2) is 58.0 Å². The average Bonchev–Trinajstić information content (AvgIpc) is 3.24. The molecule has 178 valence electrons. The van der Waals surface area contributed by atoms with Gasteiger partial charge in [0.25, 0.3) is 5.56 Å². The van der Waals surface area contributed by atoms with Gasteiger partial charge in [0.1, 0.15) is 5.75 Å². The predicted octanol–water partition coefficient (Wildman–Crippen LogP) is 3.32. The smallest absolute Gasteiger partial charge is 0.258 e. The Kier molecular flexibility index (Phi) is 5.16. The molecule has 2 aromatic carbocycles. The fraction of sp³-hybridized carbons (Fsp3) is 0.269. The number of benzene rings is 2. The zero-order valence-corrected chi connectivity index (χ0v) is 19.8. The van der Waals surface area contributed by atoms with Crippen molar-refractivity contribution in [3.8, 4) is 17.0 Å². The summed E-state index contributed by atoms with van der Waals surface area (Å²) in [6.45, 7) is 7.77. The van der Waals surface area contributed by atoms with Crippen LogP contribution in [0.3, 0.4) is 0 Å². The van der Waals surface area contributed by atoms with E-state index in [-0.39, 0.29) is 5.56 Å². The minimum absolute atomic E-state index is 0.171. The fourth-order valence-electron chi connectivity index (χ4n) is 5.00. The molecule has 1 aliphatic rings. The quantitative estimate of drug-likeness (QED) is 0.273. The maximum Gasteiger partial charge on any atom is 0.258 e. The molecular formula is C26H27N7O2. The first kappa shape index (κ1) is 21.6. The van der Waals surface area contributed by atoms with Gasteiger partial charge in [-0.3, -0.25) is 15.7 Å². The number of aromatic amines is 2. The second-order valence-electron chi connectivity index (χ2n) is 8.91. The van der Waals surface area contributed by atoms with Crippen LogP contribution < -0.4 is 21.0 Å². The molecule has 1 saturated heterocycles. The number of nitrogens with two attached hydrogens (primary N) is 1. The Morgan fingerprint density at radius 3 is 2.54 bits per heavy atom. The number of piperazine rings is 1. The molecule has 3 aromatic heterocycles. The molecule has 0 spiro atoms. The summed E-state index contributed by atoms with van der Waals surface area (Å²) in [5.41, 5.74) is 4.62. The summed E-state index contributed by atoms with van der Waals surface area (Å²) in [4.78, 5) is 23.8. The van der Waals surface area contributed by atoms with Crippen LogP contribution in [0.1, 0.15) is 12.6 Å². The molecule has 9 nitrogen and oxygen atoms in total. The number of hydrazine groups is 1. The number of aryl methyl sites for hydroxylation is 1. The predicted molar refractivity (Wildman–Crippen MR) is 139 cm³/mol.